The zero-order valence-corrected chi connectivity index (χ0v) is 18.8. The molecule has 9 heteroatoms. The second-order valence-electron chi connectivity index (χ2n) is 7.86. The zero-order chi connectivity index (χ0) is 23.5. The first-order chi connectivity index (χ1) is 16.0. The number of nitrogens with zero attached hydrogens (tertiary/aromatic N) is 2. The van der Waals surface area contributed by atoms with Gasteiger partial charge >= 0.3 is 12.1 Å². The fraction of sp³-hybridized carbons (Fsp3) is 0.375. The molecular formula is C24H26N2O7. The first-order valence-corrected chi connectivity index (χ1v) is 10.6. The van der Waals surface area contributed by atoms with Gasteiger partial charge in [0.25, 0.3) is 5.91 Å². The Bertz CT molecular complexity index is 1070. The van der Waals surface area contributed by atoms with Crippen LogP contribution in [0.1, 0.15) is 22.3 Å². The van der Waals surface area contributed by atoms with Crippen molar-refractivity contribution >= 4 is 23.7 Å². The number of piperidine rings is 1. The molecular weight excluding hydrogens is 428 g/mol. The molecule has 0 radical (unpaired) electrons. The summed E-state index contributed by atoms with van der Waals surface area (Å²) < 4.78 is 21.0. The number of carbonyl (C=O) groups is 3. The topological polar surface area (TPSA) is 94.6 Å². The Labute approximate surface area is 191 Å². The quantitative estimate of drug-likeness (QED) is 0.641. The Morgan fingerprint density at radius 3 is 2.58 bits per heavy atom. The number of rotatable bonds is 5. The molecule has 0 spiro atoms. The highest BCUT2D eigenvalue weighted by Gasteiger charge is 2.44. The first kappa shape index (κ1) is 22.4. The minimum absolute atomic E-state index is 0.0945. The predicted octanol–water partition coefficient (Wildman–Crippen LogP) is 2.86. The minimum Gasteiger partial charge on any atom is -0.497 e. The van der Waals surface area contributed by atoms with E-state index >= 15 is 0 Å². The molecule has 0 bridgehead atoms. The molecule has 2 aromatic carbocycles. The van der Waals surface area contributed by atoms with Crippen LogP contribution in [0.2, 0.25) is 0 Å². The van der Waals surface area contributed by atoms with E-state index in [1.165, 1.54) is 26.2 Å². The fourth-order valence-corrected chi connectivity index (χ4v) is 4.45. The fourth-order valence-electron chi connectivity index (χ4n) is 4.45. The standard InChI is InChI=1S/C24H26N2O7/c1-30-16-8-9-17(21(12-16)31-2)22(27)25-11-10-20(18(13-25)23(28)32-3)26-19-7-5-4-6-15(19)14-33-24(26)29/h4-9,12,18,20H,10-11,13-14H2,1-3H3. The largest absolute Gasteiger partial charge is 0.497 e. The summed E-state index contributed by atoms with van der Waals surface area (Å²) in [7, 11) is 4.31. The van der Waals surface area contributed by atoms with Crippen molar-refractivity contribution in [2.75, 3.05) is 39.3 Å². The maximum Gasteiger partial charge on any atom is 0.414 e. The van der Waals surface area contributed by atoms with Gasteiger partial charge in [-0.2, -0.15) is 0 Å². The van der Waals surface area contributed by atoms with Gasteiger partial charge in [0.15, 0.2) is 0 Å². The molecule has 1 fully saturated rings. The molecule has 174 valence electrons. The Morgan fingerprint density at radius 1 is 1.06 bits per heavy atom. The van der Waals surface area contributed by atoms with E-state index in [1.54, 1.807) is 23.1 Å². The molecule has 2 amide bonds. The summed E-state index contributed by atoms with van der Waals surface area (Å²) in [5.41, 5.74) is 1.94. The van der Waals surface area contributed by atoms with E-state index in [0.29, 0.717) is 35.7 Å². The smallest absolute Gasteiger partial charge is 0.414 e. The van der Waals surface area contributed by atoms with Crippen LogP contribution in [0.15, 0.2) is 42.5 Å². The average molecular weight is 454 g/mol. The molecule has 9 nitrogen and oxygen atoms in total. The van der Waals surface area contributed by atoms with Gasteiger partial charge in [-0.15, -0.1) is 0 Å². The SMILES string of the molecule is COC(=O)C1CN(C(=O)c2ccc(OC)cc2OC)CCC1N1C(=O)OCc2ccccc21. The van der Waals surface area contributed by atoms with Crippen molar-refractivity contribution in [3.05, 3.63) is 53.6 Å². The Hall–Kier alpha value is -3.75. The Morgan fingerprint density at radius 2 is 1.85 bits per heavy atom. The monoisotopic (exact) mass is 454 g/mol. The number of hydrogen-bond donors (Lipinski definition) is 0. The molecule has 4 rings (SSSR count). The van der Waals surface area contributed by atoms with Crippen LogP contribution in [-0.2, 0) is 20.9 Å². The van der Waals surface area contributed by atoms with Gasteiger partial charge in [0.05, 0.1) is 44.5 Å². The van der Waals surface area contributed by atoms with Gasteiger partial charge in [0.2, 0.25) is 0 Å². The van der Waals surface area contributed by atoms with Crippen molar-refractivity contribution < 1.29 is 33.3 Å². The summed E-state index contributed by atoms with van der Waals surface area (Å²) >= 11 is 0. The van der Waals surface area contributed by atoms with Crippen LogP contribution >= 0.6 is 0 Å². The average Bonchev–Trinajstić information content (AvgIpc) is 2.87. The van der Waals surface area contributed by atoms with Gasteiger partial charge in [-0.25, -0.2) is 4.79 Å². The second kappa shape index (κ2) is 9.40. The lowest BCUT2D eigenvalue weighted by Gasteiger charge is -2.43. The number of fused-ring (bicyclic) bond motifs is 1. The van der Waals surface area contributed by atoms with Gasteiger partial charge in [-0.3, -0.25) is 14.5 Å². The van der Waals surface area contributed by atoms with E-state index in [0.717, 1.165) is 5.56 Å². The minimum atomic E-state index is -0.740. The number of carbonyl (C=O) groups excluding carboxylic acids is 3. The molecule has 2 heterocycles. The number of amides is 2. The van der Waals surface area contributed by atoms with Crippen molar-refractivity contribution in [1.82, 2.24) is 4.90 Å². The molecule has 2 aliphatic rings. The lowest BCUT2D eigenvalue weighted by Crippen LogP contribution is -2.57. The van der Waals surface area contributed by atoms with Crippen LogP contribution in [0.25, 0.3) is 0 Å². The molecule has 0 N–H and O–H groups in total. The number of benzene rings is 2. The van der Waals surface area contributed by atoms with Crippen molar-refractivity contribution in [2.24, 2.45) is 5.92 Å². The van der Waals surface area contributed by atoms with Crippen LogP contribution in [0, 0.1) is 5.92 Å². The lowest BCUT2D eigenvalue weighted by molar-refractivity contribution is -0.147. The molecule has 2 aromatic rings. The van der Waals surface area contributed by atoms with Crippen molar-refractivity contribution in [1.29, 1.82) is 0 Å². The summed E-state index contributed by atoms with van der Waals surface area (Å²) in [5, 5.41) is 0. The van der Waals surface area contributed by atoms with E-state index < -0.39 is 24.0 Å². The number of cyclic esters (lactones) is 1. The number of likely N-dealkylation sites (tertiary alicyclic amines) is 1. The number of methoxy groups -OCH3 is 3. The zero-order valence-electron chi connectivity index (χ0n) is 18.8. The van der Waals surface area contributed by atoms with Gasteiger partial charge in [0, 0.05) is 24.7 Å². The van der Waals surface area contributed by atoms with Gasteiger partial charge < -0.3 is 23.8 Å². The number of hydrogen-bond acceptors (Lipinski definition) is 7. The Kier molecular flexibility index (Phi) is 6.39. The van der Waals surface area contributed by atoms with E-state index in [9.17, 15) is 14.4 Å². The van der Waals surface area contributed by atoms with Gasteiger partial charge in [-0.05, 0) is 24.6 Å². The van der Waals surface area contributed by atoms with Crippen LogP contribution in [0.5, 0.6) is 11.5 Å². The number of para-hydroxylation sites is 1. The molecule has 33 heavy (non-hydrogen) atoms. The first-order valence-electron chi connectivity index (χ1n) is 10.6. The number of ether oxygens (including phenoxy) is 4. The summed E-state index contributed by atoms with van der Waals surface area (Å²) in [4.78, 5) is 41.9. The molecule has 2 unspecified atom stereocenters. The van der Waals surface area contributed by atoms with E-state index in [2.05, 4.69) is 0 Å². The lowest BCUT2D eigenvalue weighted by atomic mass is 9.89. The molecule has 1 saturated heterocycles. The van der Waals surface area contributed by atoms with Crippen molar-refractivity contribution in [2.45, 2.75) is 19.1 Å². The van der Waals surface area contributed by atoms with Gasteiger partial charge in [-0.1, -0.05) is 18.2 Å². The normalized spacial score (nSPS) is 19.9. The summed E-state index contributed by atoms with van der Waals surface area (Å²) in [6, 6.07) is 11.9. The third-order valence-corrected chi connectivity index (χ3v) is 6.14. The van der Waals surface area contributed by atoms with E-state index in [4.69, 9.17) is 18.9 Å². The van der Waals surface area contributed by atoms with Crippen molar-refractivity contribution in [3.8, 4) is 11.5 Å². The van der Waals surface area contributed by atoms with Crippen LogP contribution in [0.4, 0.5) is 10.5 Å². The van der Waals surface area contributed by atoms with E-state index in [-0.39, 0.29) is 19.1 Å². The Balaban J connectivity index is 1.63. The molecule has 0 aromatic heterocycles. The molecule has 0 aliphatic carbocycles. The third-order valence-electron chi connectivity index (χ3n) is 6.14. The number of anilines is 1. The van der Waals surface area contributed by atoms with Crippen LogP contribution in [-0.4, -0.2) is 63.3 Å². The summed E-state index contributed by atoms with van der Waals surface area (Å²) in [5.74, 6) is -0.560. The maximum atomic E-state index is 13.3. The third kappa shape index (κ3) is 4.18. The van der Waals surface area contributed by atoms with Crippen LogP contribution < -0.4 is 14.4 Å². The highest BCUT2D eigenvalue weighted by molar-refractivity contribution is 5.98. The van der Waals surface area contributed by atoms with Crippen molar-refractivity contribution in [3.63, 3.8) is 0 Å². The second-order valence-corrected chi connectivity index (χ2v) is 7.86. The summed E-state index contributed by atoms with van der Waals surface area (Å²) in [6.07, 6.45) is -0.128. The highest BCUT2D eigenvalue weighted by atomic mass is 16.6. The van der Waals surface area contributed by atoms with Crippen LogP contribution in [0.3, 0.4) is 0 Å². The molecule has 2 aliphatic heterocycles. The predicted molar refractivity (Wildman–Crippen MR) is 118 cm³/mol. The number of esters is 1. The van der Waals surface area contributed by atoms with E-state index in [1.807, 2.05) is 24.3 Å². The summed E-state index contributed by atoms with van der Waals surface area (Å²) in [6.45, 7) is 0.623. The molecule has 0 saturated carbocycles. The van der Waals surface area contributed by atoms with Gasteiger partial charge in [0.1, 0.15) is 18.1 Å². The maximum absolute atomic E-state index is 13.3. The highest BCUT2D eigenvalue weighted by Crippen LogP contribution is 2.35. The molecule has 2 atom stereocenters.